The maximum absolute atomic E-state index is 12.5. The molecule has 0 radical (unpaired) electrons. The van der Waals surface area contributed by atoms with Gasteiger partial charge in [0.05, 0.1) is 0 Å². The van der Waals surface area contributed by atoms with Crippen molar-refractivity contribution in [2.24, 2.45) is 0 Å². The minimum Gasteiger partial charge on any atom is -0.340 e. The molecule has 1 aromatic heterocycles. The van der Waals surface area contributed by atoms with Crippen LogP contribution in [0.2, 0.25) is 0 Å². The van der Waals surface area contributed by atoms with E-state index in [4.69, 9.17) is 0 Å². The fourth-order valence-corrected chi connectivity index (χ4v) is 2.28. The summed E-state index contributed by atoms with van der Waals surface area (Å²) in [4.78, 5) is 22.9. The molecule has 23 heavy (non-hydrogen) atoms. The van der Waals surface area contributed by atoms with Gasteiger partial charge in [0.2, 0.25) is 0 Å². The molecule has 2 rings (SSSR count). The summed E-state index contributed by atoms with van der Waals surface area (Å²) in [6.45, 7) is 6.67. The monoisotopic (exact) mass is 312 g/mol. The van der Waals surface area contributed by atoms with Gasteiger partial charge in [0.1, 0.15) is 17.3 Å². The van der Waals surface area contributed by atoms with E-state index >= 15 is 0 Å². The number of hydrogen-bond donors (Lipinski definition) is 1. The van der Waals surface area contributed by atoms with Crippen LogP contribution < -0.4 is 5.32 Å². The number of benzene rings is 1. The average Bonchev–Trinajstić information content (AvgIpc) is 2.53. The Morgan fingerprint density at radius 2 is 1.96 bits per heavy atom. The van der Waals surface area contributed by atoms with Crippen LogP contribution in [0.1, 0.15) is 41.6 Å². The number of hydrogen-bond acceptors (Lipinski definition) is 4. The number of amides is 1. The first-order chi connectivity index (χ1) is 11.0. The largest absolute Gasteiger partial charge is 0.340 e. The highest BCUT2D eigenvalue weighted by atomic mass is 16.2. The van der Waals surface area contributed by atoms with Gasteiger partial charge in [-0.1, -0.05) is 31.5 Å². The third-order valence-electron chi connectivity index (χ3n) is 3.66. The van der Waals surface area contributed by atoms with Crippen molar-refractivity contribution < 1.29 is 4.79 Å². The van der Waals surface area contributed by atoms with Crippen LogP contribution >= 0.6 is 0 Å². The zero-order chi connectivity index (χ0) is 16.8. The predicted octanol–water partition coefficient (Wildman–Crippen LogP) is 3.71. The maximum atomic E-state index is 12.5. The van der Waals surface area contributed by atoms with Crippen LogP contribution in [0.15, 0.2) is 30.3 Å². The molecule has 5 heteroatoms. The van der Waals surface area contributed by atoms with Crippen molar-refractivity contribution in [1.29, 1.82) is 0 Å². The van der Waals surface area contributed by atoms with Crippen molar-refractivity contribution >= 4 is 17.4 Å². The summed E-state index contributed by atoms with van der Waals surface area (Å²) in [6, 6.07) is 9.68. The third-order valence-corrected chi connectivity index (χ3v) is 3.66. The Balaban J connectivity index is 2.22. The van der Waals surface area contributed by atoms with E-state index in [0.717, 1.165) is 30.6 Å². The molecule has 0 saturated heterocycles. The summed E-state index contributed by atoms with van der Waals surface area (Å²) >= 11 is 0. The van der Waals surface area contributed by atoms with Crippen LogP contribution in [-0.2, 0) is 0 Å². The molecular formula is C18H24N4O. The predicted molar refractivity (Wildman–Crippen MR) is 93.1 cm³/mol. The molecule has 2 aromatic rings. The lowest BCUT2D eigenvalue weighted by Crippen LogP contribution is -2.28. The van der Waals surface area contributed by atoms with Gasteiger partial charge in [0, 0.05) is 25.3 Å². The van der Waals surface area contributed by atoms with Crippen LogP contribution in [0.3, 0.4) is 0 Å². The summed E-state index contributed by atoms with van der Waals surface area (Å²) in [5.74, 6) is 1.15. The van der Waals surface area contributed by atoms with Crippen LogP contribution in [0.4, 0.5) is 11.5 Å². The van der Waals surface area contributed by atoms with E-state index in [2.05, 4.69) is 22.2 Å². The zero-order valence-electron chi connectivity index (χ0n) is 14.3. The van der Waals surface area contributed by atoms with E-state index in [-0.39, 0.29) is 5.91 Å². The highest BCUT2D eigenvalue weighted by molar-refractivity contribution is 5.93. The molecular weight excluding hydrogens is 288 g/mol. The van der Waals surface area contributed by atoms with Gasteiger partial charge in [0.15, 0.2) is 0 Å². The third kappa shape index (κ3) is 4.52. The van der Waals surface area contributed by atoms with Crippen molar-refractivity contribution in [1.82, 2.24) is 14.9 Å². The van der Waals surface area contributed by atoms with Gasteiger partial charge in [-0.3, -0.25) is 4.79 Å². The van der Waals surface area contributed by atoms with Gasteiger partial charge in [-0.15, -0.1) is 0 Å². The smallest absolute Gasteiger partial charge is 0.272 e. The first kappa shape index (κ1) is 16.9. The van der Waals surface area contributed by atoms with Gasteiger partial charge in [-0.2, -0.15) is 0 Å². The van der Waals surface area contributed by atoms with Gasteiger partial charge in [0.25, 0.3) is 5.91 Å². The fourth-order valence-electron chi connectivity index (χ4n) is 2.28. The van der Waals surface area contributed by atoms with E-state index in [1.165, 1.54) is 0 Å². The van der Waals surface area contributed by atoms with Crippen molar-refractivity contribution in [2.75, 3.05) is 18.9 Å². The summed E-state index contributed by atoms with van der Waals surface area (Å²) in [5, 5.41) is 3.27. The highest BCUT2D eigenvalue weighted by Gasteiger charge is 2.15. The number of unbranched alkanes of at least 4 members (excludes halogenated alkanes) is 1. The molecule has 1 heterocycles. The molecule has 0 aliphatic carbocycles. The van der Waals surface area contributed by atoms with Gasteiger partial charge in [-0.25, -0.2) is 9.97 Å². The number of anilines is 2. The van der Waals surface area contributed by atoms with E-state index in [0.29, 0.717) is 17.3 Å². The SMILES string of the molecule is CCCCN(C)C(=O)c1cc(Nc2ccccc2C)nc(C)n1. The molecule has 122 valence electrons. The molecule has 1 N–H and O–H groups in total. The molecule has 0 aliphatic heterocycles. The number of nitrogens with zero attached hydrogens (tertiary/aromatic N) is 3. The van der Waals surface area contributed by atoms with E-state index in [1.807, 2.05) is 38.2 Å². The molecule has 0 spiro atoms. The lowest BCUT2D eigenvalue weighted by Gasteiger charge is -2.17. The Kier molecular flexibility index (Phi) is 5.68. The highest BCUT2D eigenvalue weighted by Crippen LogP contribution is 2.19. The molecule has 5 nitrogen and oxygen atoms in total. The first-order valence-corrected chi connectivity index (χ1v) is 7.95. The summed E-state index contributed by atoms with van der Waals surface area (Å²) in [7, 11) is 1.81. The van der Waals surface area contributed by atoms with Crippen molar-refractivity contribution in [2.45, 2.75) is 33.6 Å². The average molecular weight is 312 g/mol. The van der Waals surface area contributed by atoms with E-state index in [9.17, 15) is 4.79 Å². The number of aryl methyl sites for hydroxylation is 2. The molecule has 0 fully saturated rings. The second-order valence-electron chi connectivity index (χ2n) is 5.71. The molecule has 0 aliphatic rings. The molecule has 1 aromatic carbocycles. The minimum atomic E-state index is -0.0724. The minimum absolute atomic E-state index is 0.0724. The van der Waals surface area contributed by atoms with Crippen LogP contribution in [0.25, 0.3) is 0 Å². The van der Waals surface area contributed by atoms with E-state index < -0.39 is 0 Å². The number of rotatable bonds is 6. The number of carbonyl (C=O) groups excluding carboxylic acids is 1. The normalized spacial score (nSPS) is 10.4. The van der Waals surface area contributed by atoms with E-state index in [1.54, 1.807) is 17.9 Å². The second-order valence-corrected chi connectivity index (χ2v) is 5.71. The van der Waals surface area contributed by atoms with Crippen LogP contribution in [-0.4, -0.2) is 34.4 Å². The Morgan fingerprint density at radius 3 is 2.65 bits per heavy atom. The van der Waals surface area contributed by atoms with Gasteiger partial charge in [-0.05, 0) is 31.9 Å². The number of carbonyl (C=O) groups is 1. The summed E-state index contributed by atoms with van der Waals surface area (Å²) in [6.07, 6.45) is 2.04. The fraction of sp³-hybridized carbons (Fsp3) is 0.389. The topological polar surface area (TPSA) is 58.1 Å². The Bertz CT molecular complexity index is 684. The molecule has 0 bridgehead atoms. The molecule has 0 unspecified atom stereocenters. The first-order valence-electron chi connectivity index (χ1n) is 7.95. The van der Waals surface area contributed by atoms with Crippen LogP contribution in [0, 0.1) is 13.8 Å². The number of aromatic nitrogens is 2. The van der Waals surface area contributed by atoms with Crippen molar-refractivity contribution in [3.8, 4) is 0 Å². The Morgan fingerprint density at radius 1 is 1.22 bits per heavy atom. The molecule has 1 amide bonds. The molecule has 0 atom stereocenters. The standard InChI is InChI=1S/C18H24N4O/c1-5-6-11-22(4)18(23)16-12-17(20-14(3)19-16)21-15-10-8-7-9-13(15)2/h7-10,12H,5-6,11H2,1-4H3,(H,19,20,21). The maximum Gasteiger partial charge on any atom is 0.272 e. The van der Waals surface area contributed by atoms with Crippen molar-refractivity contribution in [3.05, 3.63) is 47.4 Å². The van der Waals surface area contributed by atoms with Gasteiger partial charge >= 0.3 is 0 Å². The summed E-state index contributed by atoms with van der Waals surface area (Å²) < 4.78 is 0. The number of nitrogens with one attached hydrogen (secondary N) is 1. The Labute approximate surface area is 137 Å². The molecule has 0 saturated carbocycles. The van der Waals surface area contributed by atoms with Crippen molar-refractivity contribution in [3.63, 3.8) is 0 Å². The van der Waals surface area contributed by atoms with Crippen LogP contribution in [0.5, 0.6) is 0 Å². The lowest BCUT2D eigenvalue weighted by molar-refractivity contribution is 0.0787. The number of para-hydroxylation sites is 1. The van der Waals surface area contributed by atoms with Gasteiger partial charge < -0.3 is 10.2 Å². The Hall–Kier alpha value is -2.43. The summed E-state index contributed by atoms with van der Waals surface area (Å²) in [5.41, 5.74) is 2.52. The zero-order valence-corrected chi connectivity index (χ0v) is 14.3. The second kappa shape index (κ2) is 7.72. The lowest BCUT2D eigenvalue weighted by atomic mass is 10.2. The quantitative estimate of drug-likeness (QED) is 0.883.